The highest BCUT2D eigenvalue weighted by Crippen LogP contribution is 2.24. The van der Waals surface area contributed by atoms with E-state index in [0.29, 0.717) is 0 Å². The highest BCUT2D eigenvalue weighted by molar-refractivity contribution is 5.85. The molecule has 2 heterocycles. The maximum Gasteiger partial charge on any atom is 0.0568 e. The summed E-state index contributed by atoms with van der Waals surface area (Å²) in [5.74, 6) is 0. The average Bonchev–Trinajstić information content (AvgIpc) is 2.86. The molecule has 0 radical (unpaired) electrons. The number of hydrogen-bond acceptors (Lipinski definition) is 1. The molecule has 0 saturated heterocycles. The van der Waals surface area contributed by atoms with Crippen LogP contribution in [0, 0.1) is 0 Å². The Hall–Kier alpha value is -2.03. The summed E-state index contributed by atoms with van der Waals surface area (Å²) in [5, 5.41) is 5.47. The Morgan fingerprint density at radius 3 is 2.75 bits per heavy atom. The number of rotatable bonds is 1. The van der Waals surface area contributed by atoms with Crippen molar-refractivity contribution in [3.05, 3.63) is 42.9 Å². The molecule has 0 atom stereocenters. The van der Waals surface area contributed by atoms with Gasteiger partial charge in [-0.1, -0.05) is 12.1 Å². The molecule has 0 saturated carbocycles. The first-order valence-electron chi connectivity index (χ1n) is 5.28. The highest BCUT2D eigenvalue weighted by atomic mass is 15.2. The molecule has 3 aromatic rings. The smallest absolute Gasteiger partial charge is 0.0568 e. The molecule has 0 amide bonds. The minimum atomic E-state index is 0. The van der Waals surface area contributed by atoms with Gasteiger partial charge in [-0.3, -0.25) is 4.68 Å². The summed E-state index contributed by atoms with van der Waals surface area (Å²) in [7, 11) is 4.00. The van der Waals surface area contributed by atoms with Gasteiger partial charge in [-0.25, -0.2) is 0 Å². The van der Waals surface area contributed by atoms with Gasteiger partial charge in [0.1, 0.15) is 0 Å². The number of nitrogens with zero attached hydrogens (tertiary/aromatic N) is 3. The van der Waals surface area contributed by atoms with Crippen molar-refractivity contribution in [2.75, 3.05) is 0 Å². The van der Waals surface area contributed by atoms with Gasteiger partial charge in [-0.15, -0.1) is 0 Å². The van der Waals surface area contributed by atoms with Gasteiger partial charge in [-0.05, 0) is 23.1 Å². The molecule has 2 aromatic heterocycles. The van der Waals surface area contributed by atoms with E-state index >= 15 is 0 Å². The van der Waals surface area contributed by atoms with Crippen LogP contribution in [0.3, 0.4) is 0 Å². The lowest BCUT2D eigenvalue weighted by atomic mass is 10.1. The van der Waals surface area contributed by atoms with E-state index in [-0.39, 0.29) is 7.13 Å². The van der Waals surface area contributed by atoms with E-state index in [1.807, 2.05) is 24.1 Å². The van der Waals surface area contributed by atoms with E-state index in [0.717, 1.165) is 5.56 Å². The topological polar surface area (TPSA) is 22.8 Å². The summed E-state index contributed by atoms with van der Waals surface area (Å²) in [6.45, 7) is 0. The second-order valence-corrected chi connectivity index (χ2v) is 4.10. The lowest BCUT2D eigenvalue weighted by Crippen LogP contribution is -1.85. The molecule has 0 aliphatic carbocycles. The van der Waals surface area contributed by atoms with Crippen LogP contribution in [-0.2, 0) is 14.1 Å². The average molecular weight is 221 g/mol. The maximum atomic E-state index is 4.19. The third-order valence-corrected chi connectivity index (χ3v) is 2.93. The van der Waals surface area contributed by atoms with Crippen LogP contribution in [0.1, 0.15) is 7.13 Å². The van der Waals surface area contributed by atoms with Crippen LogP contribution in [0.15, 0.2) is 42.9 Å². The van der Waals surface area contributed by atoms with Gasteiger partial charge in [0.2, 0.25) is 0 Å². The summed E-state index contributed by atoms with van der Waals surface area (Å²) in [5.41, 5.74) is 3.62. The third-order valence-electron chi connectivity index (χ3n) is 2.93. The maximum absolute atomic E-state index is 4.19. The highest BCUT2D eigenvalue weighted by Gasteiger charge is 2.03. The van der Waals surface area contributed by atoms with Crippen molar-refractivity contribution in [1.82, 2.24) is 14.3 Å². The van der Waals surface area contributed by atoms with E-state index in [9.17, 15) is 0 Å². The van der Waals surface area contributed by atoms with Crippen LogP contribution in [0.2, 0.25) is 0 Å². The van der Waals surface area contributed by atoms with Gasteiger partial charge < -0.3 is 4.57 Å². The Kier molecular flexibility index (Phi) is 1.86. The molecule has 16 heavy (non-hydrogen) atoms. The van der Waals surface area contributed by atoms with Gasteiger partial charge >= 0.3 is 0 Å². The summed E-state index contributed by atoms with van der Waals surface area (Å²) in [6.07, 6.45) is 6.01. The lowest BCUT2D eigenvalue weighted by Gasteiger charge is -2.00. The van der Waals surface area contributed by atoms with Crippen molar-refractivity contribution in [3.8, 4) is 11.1 Å². The van der Waals surface area contributed by atoms with E-state index in [2.05, 4.69) is 47.2 Å². The van der Waals surface area contributed by atoms with Gasteiger partial charge in [-0.2, -0.15) is 5.10 Å². The van der Waals surface area contributed by atoms with Crippen LogP contribution in [-0.4, -0.2) is 14.3 Å². The fourth-order valence-corrected chi connectivity index (χ4v) is 2.01. The molecular weight excluding hydrogens is 198 g/mol. The number of aromatic nitrogens is 3. The van der Waals surface area contributed by atoms with Crippen LogP contribution in [0.4, 0.5) is 0 Å². The quantitative estimate of drug-likeness (QED) is 0.612. The Balaban J connectivity index is -0.000000648. The first-order chi connectivity index (χ1) is 7.74. The number of fused-ring (bicyclic) bond motifs is 1. The third kappa shape index (κ3) is 1.33. The number of benzene rings is 1. The molecule has 3 rings (SSSR count). The fourth-order valence-electron chi connectivity index (χ4n) is 2.01. The summed E-state index contributed by atoms with van der Waals surface area (Å²) in [6, 6.07) is 8.62. The fraction of sp³-hybridized carbons (Fsp3) is 0.154. The van der Waals surface area contributed by atoms with Crippen LogP contribution < -0.4 is 0 Å². The Morgan fingerprint density at radius 2 is 2.00 bits per heavy atom. The van der Waals surface area contributed by atoms with Crippen molar-refractivity contribution in [3.63, 3.8) is 0 Å². The molecule has 3 heteroatoms. The van der Waals surface area contributed by atoms with Crippen molar-refractivity contribution >= 4 is 10.9 Å². The van der Waals surface area contributed by atoms with Crippen molar-refractivity contribution in [1.29, 1.82) is 0 Å². The first-order valence-corrected chi connectivity index (χ1v) is 5.28. The molecule has 1 aromatic carbocycles. The summed E-state index contributed by atoms with van der Waals surface area (Å²) < 4.78 is 3.96. The molecule has 0 spiro atoms. The molecule has 0 aliphatic rings. The largest absolute Gasteiger partial charge is 0.351 e. The van der Waals surface area contributed by atoms with E-state index < -0.39 is 0 Å². The zero-order valence-corrected chi connectivity index (χ0v) is 9.38. The number of aryl methyl sites for hydroxylation is 2. The standard InChI is InChI=1S/C13H13N3.5H2/c1-15-6-5-10-3-4-11(7-13(10)15)12-8-14-16(2)9-12;;;;;/h3-9H,1-2H3;5*1H. The molecule has 0 aliphatic heterocycles. The Bertz CT molecular complexity index is 663. The van der Waals surface area contributed by atoms with Crippen molar-refractivity contribution < 1.29 is 7.13 Å². The van der Waals surface area contributed by atoms with Gasteiger partial charge in [0.15, 0.2) is 0 Å². The van der Waals surface area contributed by atoms with Gasteiger partial charge in [0.05, 0.1) is 6.20 Å². The van der Waals surface area contributed by atoms with Crippen LogP contribution in [0.5, 0.6) is 0 Å². The lowest BCUT2D eigenvalue weighted by molar-refractivity contribution is 0.768. The second-order valence-electron chi connectivity index (χ2n) is 4.10. The van der Waals surface area contributed by atoms with Gasteiger partial charge in [0.25, 0.3) is 0 Å². The van der Waals surface area contributed by atoms with Crippen molar-refractivity contribution in [2.45, 2.75) is 0 Å². The molecular formula is C13H23N3. The first kappa shape index (κ1) is 9.21. The van der Waals surface area contributed by atoms with E-state index in [1.54, 1.807) is 0 Å². The van der Waals surface area contributed by atoms with E-state index in [1.165, 1.54) is 16.5 Å². The normalized spacial score (nSPS) is 11.1. The molecule has 0 bridgehead atoms. The van der Waals surface area contributed by atoms with Crippen molar-refractivity contribution in [2.24, 2.45) is 14.1 Å². The summed E-state index contributed by atoms with van der Waals surface area (Å²) >= 11 is 0. The Labute approximate surface area is 101 Å². The zero-order valence-electron chi connectivity index (χ0n) is 9.38. The van der Waals surface area contributed by atoms with Gasteiger partial charge in [0, 0.05) is 44.7 Å². The van der Waals surface area contributed by atoms with E-state index in [4.69, 9.17) is 0 Å². The molecule has 0 unspecified atom stereocenters. The molecule has 0 N–H and O–H groups in total. The predicted molar refractivity (Wildman–Crippen MR) is 75.7 cm³/mol. The molecule has 0 fully saturated rings. The Morgan fingerprint density at radius 1 is 1.12 bits per heavy atom. The van der Waals surface area contributed by atoms with Crippen LogP contribution >= 0.6 is 0 Å². The second kappa shape index (κ2) is 3.23. The monoisotopic (exact) mass is 221 g/mol. The zero-order chi connectivity index (χ0) is 11.1. The summed E-state index contributed by atoms with van der Waals surface area (Å²) in [4.78, 5) is 0. The number of hydrogen-bond donors (Lipinski definition) is 0. The molecule has 90 valence electrons. The van der Waals surface area contributed by atoms with Crippen LogP contribution in [0.25, 0.3) is 22.0 Å². The SMILES string of the molecule is Cn1cc(-c2ccc3ccn(C)c3c2)cn1.[HH].[HH].[HH].[HH].[HH]. The predicted octanol–water partition coefficient (Wildman–Crippen LogP) is 3.81. The minimum Gasteiger partial charge on any atom is -0.351 e. The molecule has 3 nitrogen and oxygen atoms in total. The minimum absolute atomic E-state index is 0.